The van der Waals surface area contributed by atoms with Crippen molar-refractivity contribution in [2.45, 2.75) is 44.9 Å². The summed E-state index contributed by atoms with van der Waals surface area (Å²) in [5, 5.41) is 18.7. The molecule has 3 heterocycles. The normalized spacial score (nSPS) is 14.3. The molecule has 3 aromatic carbocycles. The highest BCUT2D eigenvalue weighted by atomic mass is 32.2. The molecule has 0 saturated heterocycles. The molecule has 234 valence electrons. The van der Waals surface area contributed by atoms with E-state index in [9.17, 15) is 9.59 Å². The van der Waals surface area contributed by atoms with Crippen LogP contribution >= 0.6 is 11.8 Å². The van der Waals surface area contributed by atoms with Gasteiger partial charge in [0.25, 0.3) is 11.8 Å². The number of hydrogen-bond acceptors (Lipinski definition) is 8. The lowest BCUT2D eigenvalue weighted by atomic mass is 9.97. The van der Waals surface area contributed by atoms with Crippen LogP contribution in [0.4, 0.5) is 0 Å². The number of aryl methyl sites for hydroxylation is 3. The zero-order valence-corrected chi connectivity index (χ0v) is 26.9. The molecule has 0 fully saturated rings. The zero-order valence-electron chi connectivity index (χ0n) is 26.1. The predicted molar refractivity (Wildman–Crippen MR) is 176 cm³/mol. The Kier molecular flexibility index (Phi) is 9.02. The molecule has 10 nitrogen and oxygen atoms in total. The number of nitrogens with one attached hydrogen (secondary N) is 1. The number of carbonyl (C=O) groups is 2. The molecule has 1 N–H and O–H groups in total. The number of ether oxygens (including phenoxy) is 1. The summed E-state index contributed by atoms with van der Waals surface area (Å²) in [4.78, 5) is 26.5. The summed E-state index contributed by atoms with van der Waals surface area (Å²) in [6.07, 6.45) is 2.04. The van der Waals surface area contributed by atoms with E-state index >= 15 is 0 Å². The fraction of sp³-hybridized carbons (Fsp3) is 0.229. The van der Waals surface area contributed by atoms with E-state index in [1.54, 1.807) is 24.3 Å². The SMILES string of the molecule is COc1ccc(C2=NN(C(=O)CSc3nnc(CNC(=O)c4ccco4)n3-c3cc(C)ccc3C)C(c3ccc(C)cc3)C2)cc1. The molecular weight excluding hydrogens is 600 g/mol. The lowest BCUT2D eigenvalue weighted by Gasteiger charge is -2.22. The first-order chi connectivity index (χ1) is 22.3. The smallest absolute Gasteiger partial charge is 0.287 e. The average molecular weight is 635 g/mol. The molecule has 1 atom stereocenters. The van der Waals surface area contributed by atoms with Crippen molar-refractivity contribution in [1.29, 1.82) is 0 Å². The number of nitrogens with zero attached hydrogens (tertiary/aromatic N) is 5. The van der Waals surface area contributed by atoms with Crippen LogP contribution in [-0.2, 0) is 11.3 Å². The van der Waals surface area contributed by atoms with Gasteiger partial charge in [-0.05, 0) is 85.5 Å². The number of thioether (sulfide) groups is 1. The van der Waals surface area contributed by atoms with Crippen LogP contribution in [0.5, 0.6) is 5.75 Å². The van der Waals surface area contributed by atoms with Gasteiger partial charge in [-0.2, -0.15) is 5.10 Å². The van der Waals surface area contributed by atoms with Gasteiger partial charge in [0.15, 0.2) is 16.7 Å². The Hall–Kier alpha value is -5.16. The highest BCUT2D eigenvalue weighted by molar-refractivity contribution is 7.99. The number of methoxy groups -OCH3 is 1. The van der Waals surface area contributed by atoms with Gasteiger partial charge < -0.3 is 14.5 Å². The van der Waals surface area contributed by atoms with Crippen LogP contribution < -0.4 is 10.1 Å². The molecule has 2 aromatic heterocycles. The van der Waals surface area contributed by atoms with Crippen LogP contribution in [0.15, 0.2) is 99.8 Å². The molecular formula is C35H34N6O4S. The Morgan fingerprint density at radius 2 is 1.74 bits per heavy atom. The monoisotopic (exact) mass is 634 g/mol. The van der Waals surface area contributed by atoms with Crippen LogP contribution in [0.2, 0.25) is 0 Å². The van der Waals surface area contributed by atoms with Gasteiger partial charge in [-0.3, -0.25) is 14.2 Å². The molecule has 0 aliphatic carbocycles. The number of hydrazone groups is 1. The van der Waals surface area contributed by atoms with Crippen LogP contribution in [0.1, 0.15) is 56.7 Å². The van der Waals surface area contributed by atoms with Crippen molar-refractivity contribution >= 4 is 29.3 Å². The van der Waals surface area contributed by atoms with Gasteiger partial charge in [-0.25, -0.2) is 5.01 Å². The summed E-state index contributed by atoms with van der Waals surface area (Å²) in [5.41, 5.74) is 6.88. The first-order valence-corrected chi connectivity index (χ1v) is 15.9. The average Bonchev–Trinajstić information content (AvgIpc) is 3.85. The lowest BCUT2D eigenvalue weighted by molar-refractivity contribution is -0.130. The zero-order chi connectivity index (χ0) is 32.2. The minimum atomic E-state index is -0.355. The van der Waals surface area contributed by atoms with Gasteiger partial charge in [0.1, 0.15) is 5.75 Å². The van der Waals surface area contributed by atoms with Crippen LogP contribution in [0.3, 0.4) is 0 Å². The van der Waals surface area contributed by atoms with Crippen molar-refractivity contribution in [3.8, 4) is 11.4 Å². The first kappa shape index (κ1) is 30.8. The number of rotatable bonds is 10. The van der Waals surface area contributed by atoms with Crippen molar-refractivity contribution in [2.75, 3.05) is 12.9 Å². The largest absolute Gasteiger partial charge is 0.497 e. The molecule has 1 unspecified atom stereocenters. The van der Waals surface area contributed by atoms with Crippen molar-refractivity contribution in [3.05, 3.63) is 125 Å². The number of benzene rings is 3. The van der Waals surface area contributed by atoms with Gasteiger partial charge in [-0.1, -0.05) is 53.7 Å². The summed E-state index contributed by atoms with van der Waals surface area (Å²) in [6.45, 7) is 6.18. The number of hydrogen-bond donors (Lipinski definition) is 1. The molecule has 6 rings (SSSR count). The number of amides is 2. The second-order valence-corrected chi connectivity index (χ2v) is 12.1. The second kappa shape index (κ2) is 13.5. The van der Waals surface area contributed by atoms with Crippen molar-refractivity contribution < 1.29 is 18.7 Å². The van der Waals surface area contributed by atoms with Gasteiger partial charge in [0, 0.05) is 6.42 Å². The summed E-state index contributed by atoms with van der Waals surface area (Å²) < 4.78 is 12.4. The Bertz CT molecular complexity index is 1880. The topological polar surface area (TPSA) is 115 Å². The molecule has 5 aromatic rings. The van der Waals surface area contributed by atoms with Gasteiger partial charge in [-0.15, -0.1) is 10.2 Å². The first-order valence-electron chi connectivity index (χ1n) is 14.9. The molecule has 0 saturated carbocycles. The Morgan fingerprint density at radius 1 is 0.978 bits per heavy atom. The molecule has 0 spiro atoms. The third-order valence-electron chi connectivity index (χ3n) is 7.83. The van der Waals surface area contributed by atoms with Gasteiger partial charge in [0.2, 0.25) is 0 Å². The maximum Gasteiger partial charge on any atom is 0.287 e. The fourth-order valence-corrected chi connectivity index (χ4v) is 6.12. The van der Waals surface area contributed by atoms with Crippen LogP contribution in [0, 0.1) is 20.8 Å². The minimum absolute atomic E-state index is 0.0868. The number of carbonyl (C=O) groups excluding carboxylic acids is 2. The highest BCUT2D eigenvalue weighted by Crippen LogP contribution is 2.35. The minimum Gasteiger partial charge on any atom is -0.497 e. The summed E-state index contributed by atoms with van der Waals surface area (Å²) in [7, 11) is 1.63. The fourth-order valence-electron chi connectivity index (χ4n) is 5.30. The number of aromatic nitrogens is 3. The summed E-state index contributed by atoms with van der Waals surface area (Å²) in [6, 6.07) is 25.1. The third-order valence-corrected chi connectivity index (χ3v) is 8.75. The molecule has 46 heavy (non-hydrogen) atoms. The Labute approximate surface area is 271 Å². The van der Waals surface area contributed by atoms with Crippen molar-refractivity contribution in [1.82, 2.24) is 25.1 Å². The quantitative estimate of drug-likeness (QED) is 0.182. The van der Waals surface area contributed by atoms with E-state index < -0.39 is 0 Å². The Balaban J connectivity index is 1.27. The van der Waals surface area contributed by atoms with E-state index in [2.05, 4.69) is 39.8 Å². The van der Waals surface area contributed by atoms with Gasteiger partial charge >= 0.3 is 0 Å². The van der Waals surface area contributed by atoms with Crippen LogP contribution in [0.25, 0.3) is 5.69 Å². The molecule has 11 heteroatoms. The van der Waals surface area contributed by atoms with E-state index in [1.165, 1.54) is 18.0 Å². The highest BCUT2D eigenvalue weighted by Gasteiger charge is 2.33. The van der Waals surface area contributed by atoms with E-state index in [0.717, 1.165) is 45.0 Å². The van der Waals surface area contributed by atoms with Crippen molar-refractivity contribution in [2.24, 2.45) is 5.10 Å². The summed E-state index contributed by atoms with van der Waals surface area (Å²) >= 11 is 1.29. The van der Waals surface area contributed by atoms with E-state index in [0.29, 0.717) is 17.4 Å². The maximum atomic E-state index is 13.9. The predicted octanol–water partition coefficient (Wildman–Crippen LogP) is 6.19. The Morgan fingerprint density at radius 3 is 2.46 bits per heavy atom. The van der Waals surface area contributed by atoms with Crippen LogP contribution in [-0.4, -0.2) is 50.2 Å². The van der Waals surface area contributed by atoms with E-state index in [-0.39, 0.29) is 35.9 Å². The number of furan rings is 1. The maximum absolute atomic E-state index is 13.9. The molecule has 2 amide bonds. The third kappa shape index (κ3) is 6.59. The molecule has 0 bridgehead atoms. The van der Waals surface area contributed by atoms with Crippen molar-refractivity contribution in [3.63, 3.8) is 0 Å². The van der Waals surface area contributed by atoms with E-state index in [4.69, 9.17) is 14.3 Å². The standard InChI is InChI=1S/C35H34N6O4S/c1-22-8-11-26(12-9-22)30-19-28(25-13-15-27(44-4)16-14-25)39-41(30)33(42)21-46-35-38-37-32(20-36-34(43)31-6-5-17-45-31)40(35)29-18-23(2)7-10-24(29)3/h5-18,30H,19-21H2,1-4H3,(H,36,43). The summed E-state index contributed by atoms with van der Waals surface area (Å²) in [5.74, 6) is 1.08. The lowest BCUT2D eigenvalue weighted by Crippen LogP contribution is -2.28. The van der Waals surface area contributed by atoms with E-state index in [1.807, 2.05) is 67.8 Å². The molecule has 0 radical (unpaired) electrons. The molecule has 1 aliphatic rings. The molecule has 1 aliphatic heterocycles. The second-order valence-electron chi connectivity index (χ2n) is 11.1. The van der Waals surface area contributed by atoms with Gasteiger partial charge in [0.05, 0.1) is 43.1 Å².